The molecule has 1 heterocycles. The van der Waals surface area contributed by atoms with Gasteiger partial charge in [-0.05, 0) is 18.6 Å². The molecule has 1 aromatic rings. The van der Waals surface area contributed by atoms with Crippen LogP contribution in [0.15, 0.2) is 18.3 Å². The van der Waals surface area contributed by atoms with Crippen molar-refractivity contribution in [1.29, 1.82) is 0 Å². The second-order valence-corrected chi connectivity index (χ2v) is 3.97. The molecule has 0 spiro atoms. The van der Waals surface area contributed by atoms with Crippen LogP contribution in [-0.2, 0) is 15.7 Å². The van der Waals surface area contributed by atoms with Crippen molar-refractivity contribution in [3.63, 3.8) is 0 Å². The number of ether oxygens (including phenoxy) is 1. The van der Waals surface area contributed by atoms with E-state index in [1.807, 2.05) is 0 Å². The Morgan fingerprint density at radius 2 is 2.16 bits per heavy atom. The van der Waals surface area contributed by atoms with Crippen LogP contribution in [0.5, 0.6) is 0 Å². The third-order valence-corrected chi connectivity index (χ3v) is 2.56. The smallest absolute Gasteiger partial charge is 0.419 e. The zero-order chi connectivity index (χ0) is 14.5. The Kier molecular flexibility index (Phi) is 5.14. The first-order valence-corrected chi connectivity index (χ1v) is 5.66. The maximum absolute atomic E-state index is 12.8. The fourth-order valence-corrected chi connectivity index (χ4v) is 1.59. The van der Waals surface area contributed by atoms with Crippen LogP contribution in [0.1, 0.15) is 18.4 Å². The summed E-state index contributed by atoms with van der Waals surface area (Å²) < 4.78 is 42.8. The number of carbonyl (C=O) groups is 1. The van der Waals surface area contributed by atoms with Gasteiger partial charge in [-0.15, -0.1) is 0 Å². The zero-order valence-corrected chi connectivity index (χ0v) is 10.7. The van der Waals surface area contributed by atoms with Crippen molar-refractivity contribution in [1.82, 2.24) is 4.98 Å². The zero-order valence-electron chi connectivity index (χ0n) is 10.7. The quantitative estimate of drug-likeness (QED) is 0.775. The molecular weight excluding hydrogens is 261 g/mol. The topological polar surface area (TPSA) is 42.4 Å². The van der Waals surface area contributed by atoms with E-state index in [1.54, 1.807) is 0 Å². The number of hydrogen-bond acceptors (Lipinski definition) is 4. The van der Waals surface area contributed by atoms with E-state index in [2.05, 4.69) is 9.72 Å². The number of rotatable bonds is 5. The molecule has 0 unspecified atom stereocenters. The van der Waals surface area contributed by atoms with Gasteiger partial charge in [0.2, 0.25) is 0 Å². The molecule has 0 bridgehead atoms. The number of carbonyl (C=O) groups excluding carboxylic acids is 1. The summed E-state index contributed by atoms with van der Waals surface area (Å²) in [4.78, 5) is 16.1. The highest BCUT2D eigenvalue weighted by Crippen LogP contribution is 2.34. The first kappa shape index (κ1) is 15.3. The van der Waals surface area contributed by atoms with Crippen molar-refractivity contribution < 1.29 is 22.7 Å². The molecule has 0 aliphatic rings. The van der Waals surface area contributed by atoms with E-state index in [9.17, 15) is 18.0 Å². The molecule has 4 nitrogen and oxygen atoms in total. The molecule has 0 saturated heterocycles. The molecule has 0 radical (unpaired) electrons. The largest absolute Gasteiger partial charge is 0.469 e. The van der Waals surface area contributed by atoms with Crippen molar-refractivity contribution in [3.8, 4) is 0 Å². The van der Waals surface area contributed by atoms with E-state index in [0.717, 1.165) is 6.07 Å². The molecule has 7 heteroatoms. The second-order valence-electron chi connectivity index (χ2n) is 3.97. The molecular formula is C12H15F3N2O2. The molecule has 0 aromatic carbocycles. The van der Waals surface area contributed by atoms with Crippen molar-refractivity contribution in [2.24, 2.45) is 0 Å². The summed E-state index contributed by atoms with van der Waals surface area (Å²) >= 11 is 0. The van der Waals surface area contributed by atoms with Gasteiger partial charge in [0.15, 0.2) is 0 Å². The van der Waals surface area contributed by atoms with E-state index < -0.39 is 11.7 Å². The van der Waals surface area contributed by atoms with Crippen molar-refractivity contribution >= 4 is 11.8 Å². The Balaban J connectivity index is 2.72. The molecule has 19 heavy (non-hydrogen) atoms. The van der Waals surface area contributed by atoms with Crippen molar-refractivity contribution in [3.05, 3.63) is 23.9 Å². The van der Waals surface area contributed by atoms with Gasteiger partial charge in [-0.2, -0.15) is 13.2 Å². The van der Waals surface area contributed by atoms with Crippen LogP contribution in [0.2, 0.25) is 0 Å². The fraction of sp³-hybridized carbons (Fsp3) is 0.500. The van der Waals surface area contributed by atoms with Crippen LogP contribution in [0.25, 0.3) is 0 Å². The Bertz CT molecular complexity index is 435. The number of hydrogen-bond donors (Lipinski definition) is 0. The van der Waals surface area contributed by atoms with E-state index >= 15 is 0 Å². The molecule has 106 valence electrons. The van der Waals surface area contributed by atoms with Gasteiger partial charge >= 0.3 is 12.1 Å². The number of pyridine rings is 1. The average molecular weight is 276 g/mol. The molecule has 0 N–H and O–H groups in total. The molecule has 1 aromatic heterocycles. The van der Waals surface area contributed by atoms with Crippen LogP contribution in [0.4, 0.5) is 19.0 Å². The molecule has 0 aliphatic carbocycles. The van der Waals surface area contributed by atoms with E-state index in [0.29, 0.717) is 6.42 Å². The van der Waals surface area contributed by atoms with Gasteiger partial charge in [-0.1, -0.05) is 0 Å². The van der Waals surface area contributed by atoms with Gasteiger partial charge in [0.1, 0.15) is 5.82 Å². The van der Waals surface area contributed by atoms with Crippen molar-refractivity contribution in [2.45, 2.75) is 19.0 Å². The predicted octanol–water partition coefficient (Wildman–Crippen LogP) is 2.49. The van der Waals surface area contributed by atoms with Crippen LogP contribution < -0.4 is 4.90 Å². The predicted molar refractivity (Wildman–Crippen MR) is 63.8 cm³/mol. The molecule has 0 aliphatic heterocycles. The first-order valence-electron chi connectivity index (χ1n) is 5.66. The summed E-state index contributed by atoms with van der Waals surface area (Å²) in [6.07, 6.45) is -2.58. The Morgan fingerprint density at radius 3 is 2.74 bits per heavy atom. The summed E-state index contributed by atoms with van der Waals surface area (Å²) in [5.41, 5.74) is -0.782. The minimum Gasteiger partial charge on any atom is -0.469 e. The van der Waals surface area contributed by atoms with Crippen LogP contribution in [-0.4, -0.2) is 31.7 Å². The summed E-state index contributed by atoms with van der Waals surface area (Å²) in [5.74, 6) is -0.523. The van der Waals surface area contributed by atoms with Crippen LogP contribution in [0, 0.1) is 0 Å². The Morgan fingerprint density at radius 1 is 1.47 bits per heavy atom. The molecule has 0 atom stereocenters. The van der Waals surface area contributed by atoms with Gasteiger partial charge in [-0.3, -0.25) is 4.79 Å². The average Bonchev–Trinajstić information content (AvgIpc) is 2.37. The first-order chi connectivity index (χ1) is 8.86. The monoisotopic (exact) mass is 276 g/mol. The highest BCUT2D eigenvalue weighted by Gasteiger charge is 2.34. The summed E-state index contributed by atoms with van der Waals surface area (Å²) in [6.45, 7) is 0.287. The molecule has 0 fully saturated rings. The standard InChI is InChI=1S/C12H15F3N2O2/c1-17(8-4-6-10(18)19-2)11-9(12(13,14)15)5-3-7-16-11/h3,5,7H,4,6,8H2,1-2H3. The number of alkyl halides is 3. The van der Waals surface area contributed by atoms with Crippen molar-refractivity contribution in [2.75, 3.05) is 25.6 Å². The highest BCUT2D eigenvalue weighted by atomic mass is 19.4. The molecule has 0 saturated carbocycles. The third kappa shape index (κ3) is 4.42. The third-order valence-electron chi connectivity index (χ3n) is 2.56. The van der Waals surface area contributed by atoms with Crippen LogP contribution in [0.3, 0.4) is 0 Å². The number of anilines is 1. The lowest BCUT2D eigenvalue weighted by molar-refractivity contribution is -0.141. The lowest BCUT2D eigenvalue weighted by atomic mass is 10.2. The van der Waals surface area contributed by atoms with Gasteiger partial charge in [-0.25, -0.2) is 4.98 Å². The number of halogens is 3. The normalized spacial score (nSPS) is 11.2. The molecule has 0 amide bonds. The number of methoxy groups -OCH3 is 1. The van der Waals surface area contributed by atoms with E-state index in [1.165, 1.54) is 31.3 Å². The maximum atomic E-state index is 12.8. The number of nitrogens with zero attached hydrogens (tertiary/aromatic N) is 2. The summed E-state index contributed by atoms with van der Waals surface area (Å²) in [6, 6.07) is 2.23. The summed E-state index contributed by atoms with van der Waals surface area (Å²) in [7, 11) is 2.78. The number of esters is 1. The van der Waals surface area contributed by atoms with Gasteiger partial charge in [0, 0.05) is 26.2 Å². The minimum absolute atomic E-state index is 0.139. The van der Waals surface area contributed by atoms with Gasteiger partial charge < -0.3 is 9.64 Å². The highest BCUT2D eigenvalue weighted by molar-refractivity contribution is 5.69. The summed E-state index contributed by atoms with van der Waals surface area (Å²) in [5, 5.41) is 0. The number of aromatic nitrogens is 1. The Hall–Kier alpha value is -1.79. The maximum Gasteiger partial charge on any atom is 0.419 e. The Labute approximate surface area is 109 Å². The van der Waals surface area contributed by atoms with E-state index in [-0.39, 0.29) is 24.8 Å². The van der Waals surface area contributed by atoms with E-state index in [4.69, 9.17) is 0 Å². The SMILES string of the molecule is COC(=O)CCCN(C)c1ncccc1C(F)(F)F. The van der Waals surface area contributed by atoms with Gasteiger partial charge in [0.05, 0.1) is 12.7 Å². The second kappa shape index (κ2) is 6.40. The molecule has 1 rings (SSSR count). The lowest BCUT2D eigenvalue weighted by Crippen LogP contribution is -2.24. The minimum atomic E-state index is -4.44. The fourth-order valence-electron chi connectivity index (χ4n) is 1.59. The van der Waals surface area contributed by atoms with Crippen LogP contribution >= 0.6 is 0 Å². The lowest BCUT2D eigenvalue weighted by Gasteiger charge is -2.21. The van der Waals surface area contributed by atoms with Gasteiger partial charge in [0.25, 0.3) is 0 Å².